The molecule has 0 spiro atoms. The van der Waals surface area contributed by atoms with Crippen LogP contribution in [0.2, 0.25) is 0 Å². The van der Waals surface area contributed by atoms with Crippen LogP contribution >= 0.6 is 0 Å². The van der Waals surface area contributed by atoms with Crippen LogP contribution in [0, 0.1) is 6.92 Å². The number of aryl methyl sites for hydroxylation is 1. The van der Waals surface area contributed by atoms with Gasteiger partial charge in [0.05, 0.1) is 6.54 Å². The van der Waals surface area contributed by atoms with Crippen LogP contribution < -0.4 is 16.4 Å². The van der Waals surface area contributed by atoms with E-state index in [1.165, 1.54) is 0 Å². The first-order valence-corrected chi connectivity index (χ1v) is 6.09. The first-order chi connectivity index (χ1) is 9.04. The molecule has 0 saturated carbocycles. The normalized spacial score (nSPS) is 9.79. The molecule has 6 nitrogen and oxygen atoms in total. The molecule has 0 fully saturated rings. The standard InChI is InChI=1S/C13H19N3O3/c1-3-15-11-5-4-10(8-9(11)2)12(17)16-6-7-19-13(14)18/h4-5,8,15H,3,6-7H2,1-2H3,(H2,14,18)(H,16,17). The Balaban J connectivity index is 2.53. The molecule has 0 heterocycles. The van der Waals surface area contributed by atoms with E-state index in [9.17, 15) is 9.59 Å². The number of nitrogens with two attached hydrogens (primary N) is 1. The van der Waals surface area contributed by atoms with Crippen molar-refractivity contribution in [2.24, 2.45) is 5.73 Å². The number of ether oxygens (including phenoxy) is 1. The minimum atomic E-state index is -0.847. The zero-order valence-electron chi connectivity index (χ0n) is 11.2. The van der Waals surface area contributed by atoms with Crippen molar-refractivity contribution >= 4 is 17.7 Å². The van der Waals surface area contributed by atoms with Crippen LogP contribution in [0.1, 0.15) is 22.8 Å². The lowest BCUT2D eigenvalue weighted by atomic mass is 10.1. The van der Waals surface area contributed by atoms with Gasteiger partial charge >= 0.3 is 6.09 Å². The van der Waals surface area contributed by atoms with E-state index in [2.05, 4.69) is 15.4 Å². The molecule has 4 N–H and O–H groups in total. The number of nitrogens with one attached hydrogen (secondary N) is 2. The summed E-state index contributed by atoms with van der Waals surface area (Å²) in [7, 11) is 0. The van der Waals surface area contributed by atoms with Gasteiger partial charge in [-0.2, -0.15) is 0 Å². The highest BCUT2D eigenvalue weighted by molar-refractivity contribution is 5.94. The summed E-state index contributed by atoms with van der Waals surface area (Å²) in [5.74, 6) is -0.209. The van der Waals surface area contributed by atoms with E-state index in [0.29, 0.717) is 5.56 Å². The summed E-state index contributed by atoms with van der Waals surface area (Å²) >= 11 is 0. The number of primary amides is 1. The van der Waals surface area contributed by atoms with E-state index in [1.54, 1.807) is 6.07 Å². The van der Waals surface area contributed by atoms with E-state index >= 15 is 0 Å². The minimum absolute atomic E-state index is 0.0650. The van der Waals surface area contributed by atoms with Crippen LogP contribution in [0.4, 0.5) is 10.5 Å². The summed E-state index contributed by atoms with van der Waals surface area (Å²) in [6.07, 6.45) is -0.847. The fourth-order valence-corrected chi connectivity index (χ4v) is 1.61. The number of amides is 2. The van der Waals surface area contributed by atoms with E-state index in [0.717, 1.165) is 17.8 Å². The fraction of sp³-hybridized carbons (Fsp3) is 0.385. The van der Waals surface area contributed by atoms with E-state index in [-0.39, 0.29) is 19.1 Å². The topological polar surface area (TPSA) is 93.4 Å². The van der Waals surface area contributed by atoms with Crippen molar-refractivity contribution in [2.75, 3.05) is 25.0 Å². The smallest absolute Gasteiger partial charge is 0.404 e. The van der Waals surface area contributed by atoms with E-state index < -0.39 is 6.09 Å². The van der Waals surface area contributed by atoms with E-state index in [1.807, 2.05) is 26.0 Å². The number of hydrogen-bond donors (Lipinski definition) is 3. The minimum Gasteiger partial charge on any atom is -0.448 e. The van der Waals surface area contributed by atoms with Crippen LogP contribution in [0.5, 0.6) is 0 Å². The summed E-state index contributed by atoms with van der Waals surface area (Å²) in [6, 6.07) is 5.42. The molecule has 0 aromatic heterocycles. The molecule has 0 aliphatic rings. The summed E-state index contributed by atoms with van der Waals surface area (Å²) in [4.78, 5) is 22.1. The predicted octanol–water partition coefficient (Wildman–Crippen LogP) is 1.25. The number of carbonyl (C=O) groups excluding carboxylic acids is 2. The Morgan fingerprint density at radius 1 is 1.37 bits per heavy atom. The first-order valence-electron chi connectivity index (χ1n) is 6.09. The average molecular weight is 265 g/mol. The second kappa shape index (κ2) is 7.25. The third-order valence-electron chi connectivity index (χ3n) is 2.49. The molecule has 0 unspecified atom stereocenters. The van der Waals surface area contributed by atoms with Gasteiger partial charge < -0.3 is 21.1 Å². The summed E-state index contributed by atoms with van der Waals surface area (Å²) in [6.45, 7) is 5.08. The fourth-order valence-electron chi connectivity index (χ4n) is 1.61. The molecule has 104 valence electrons. The molecular formula is C13H19N3O3. The molecule has 0 radical (unpaired) electrons. The largest absolute Gasteiger partial charge is 0.448 e. The van der Waals surface area contributed by atoms with Crippen molar-refractivity contribution in [3.05, 3.63) is 29.3 Å². The van der Waals surface area contributed by atoms with Crippen molar-refractivity contribution < 1.29 is 14.3 Å². The van der Waals surface area contributed by atoms with Crippen LogP contribution in [0.25, 0.3) is 0 Å². The van der Waals surface area contributed by atoms with Gasteiger partial charge in [0, 0.05) is 17.8 Å². The maximum absolute atomic E-state index is 11.8. The average Bonchev–Trinajstić information content (AvgIpc) is 2.36. The van der Waals surface area contributed by atoms with Crippen LogP contribution in [0.3, 0.4) is 0 Å². The highest BCUT2D eigenvalue weighted by Crippen LogP contribution is 2.16. The molecule has 1 aromatic carbocycles. The zero-order chi connectivity index (χ0) is 14.3. The number of hydrogen-bond acceptors (Lipinski definition) is 4. The van der Waals surface area contributed by atoms with Crippen molar-refractivity contribution in [3.8, 4) is 0 Å². The second-order valence-corrected chi connectivity index (χ2v) is 3.98. The molecule has 1 rings (SSSR count). The van der Waals surface area contributed by atoms with Crippen LogP contribution in [-0.4, -0.2) is 31.7 Å². The quantitative estimate of drug-likeness (QED) is 0.675. The zero-order valence-corrected chi connectivity index (χ0v) is 11.2. The molecular weight excluding hydrogens is 246 g/mol. The maximum atomic E-state index is 11.8. The van der Waals surface area contributed by atoms with Crippen molar-refractivity contribution in [1.29, 1.82) is 0 Å². The molecule has 1 aromatic rings. The Kier molecular flexibility index (Phi) is 5.66. The SMILES string of the molecule is CCNc1ccc(C(=O)NCCOC(N)=O)cc1C. The molecule has 6 heteroatoms. The molecule has 0 aliphatic carbocycles. The van der Waals surface area contributed by atoms with Gasteiger partial charge in [-0.05, 0) is 37.6 Å². The Hall–Kier alpha value is -2.24. The van der Waals surface area contributed by atoms with Gasteiger partial charge in [0.15, 0.2) is 0 Å². The summed E-state index contributed by atoms with van der Waals surface area (Å²) in [5, 5.41) is 5.84. The third-order valence-corrected chi connectivity index (χ3v) is 2.49. The third kappa shape index (κ3) is 4.87. The lowest BCUT2D eigenvalue weighted by Gasteiger charge is -2.10. The maximum Gasteiger partial charge on any atom is 0.404 e. The van der Waals surface area contributed by atoms with Crippen molar-refractivity contribution in [2.45, 2.75) is 13.8 Å². The summed E-state index contributed by atoms with van der Waals surface area (Å²) < 4.78 is 4.52. The van der Waals surface area contributed by atoms with E-state index in [4.69, 9.17) is 5.73 Å². The van der Waals surface area contributed by atoms with Gasteiger partial charge in [-0.15, -0.1) is 0 Å². The Morgan fingerprint density at radius 3 is 2.68 bits per heavy atom. The molecule has 0 saturated heterocycles. The van der Waals surface area contributed by atoms with Gasteiger partial charge in [0.1, 0.15) is 6.61 Å². The van der Waals surface area contributed by atoms with Gasteiger partial charge in [-0.1, -0.05) is 0 Å². The first kappa shape index (κ1) is 14.8. The monoisotopic (exact) mass is 265 g/mol. The predicted molar refractivity (Wildman–Crippen MR) is 73.2 cm³/mol. The second-order valence-electron chi connectivity index (χ2n) is 3.98. The number of rotatable bonds is 6. The molecule has 0 aliphatic heterocycles. The molecule has 19 heavy (non-hydrogen) atoms. The van der Waals surface area contributed by atoms with Crippen molar-refractivity contribution in [3.63, 3.8) is 0 Å². The number of benzene rings is 1. The van der Waals surface area contributed by atoms with Crippen LogP contribution in [-0.2, 0) is 4.74 Å². The van der Waals surface area contributed by atoms with Gasteiger partial charge in [0.25, 0.3) is 5.91 Å². The Bertz CT molecular complexity index is 460. The summed E-state index contributed by atoms with van der Waals surface area (Å²) in [5.41, 5.74) is 7.39. The van der Waals surface area contributed by atoms with Gasteiger partial charge in [-0.25, -0.2) is 4.79 Å². The lowest BCUT2D eigenvalue weighted by Crippen LogP contribution is -2.29. The van der Waals surface area contributed by atoms with Gasteiger partial charge in [0.2, 0.25) is 0 Å². The molecule has 0 bridgehead atoms. The van der Waals surface area contributed by atoms with Gasteiger partial charge in [-0.3, -0.25) is 4.79 Å². The Morgan fingerprint density at radius 2 is 2.11 bits per heavy atom. The van der Waals surface area contributed by atoms with Crippen molar-refractivity contribution in [1.82, 2.24) is 5.32 Å². The lowest BCUT2D eigenvalue weighted by molar-refractivity contribution is 0.0937. The highest BCUT2D eigenvalue weighted by atomic mass is 16.5. The Labute approximate surface area is 112 Å². The number of anilines is 1. The molecule has 2 amide bonds. The van der Waals surface area contributed by atoms with Crippen LogP contribution in [0.15, 0.2) is 18.2 Å². The highest BCUT2D eigenvalue weighted by Gasteiger charge is 2.07. The number of carbonyl (C=O) groups is 2. The molecule has 0 atom stereocenters.